The fraction of sp³-hybridized carbons (Fsp3) is 0.455. The van der Waals surface area contributed by atoms with Crippen LogP contribution in [0.4, 0.5) is 4.39 Å². The summed E-state index contributed by atoms with van der Waals surface area (Å²) in [6, 6.07) is 5.75. The highest BCUT2D eigenvalue weighted by Gasteiger charge is 2.35. The van der Waals surface area contributed by atoms with Gasteiger partial charge in [0.2, 0.25) is 0 Å². The first kappa shape index (κ1) is 11.9. The minimum Gasteiger partial charge on any atom is -0.239 e. The molecule has 1 aliphatic rings. The van der Waals surface area contributed by atoms with E-state index in [9.17, 15) is 12.8 Å². The molecule has 1 saturated carbocycles. The normalized spacial score (nSPS) is 19.9. The molecule has 0 radical (unpaired) electrons. The van der Waals surface area contributed by atoms with Crippen LogP contribution in [0.5, 0.6) is 0 Å². The topological polar surface area (TPSA) is 34.1 Å². The lowest BCUT2D eigenvalue weighted by atomic mass is 9.94. The summed E-state index contributed by atoms with van der Waals surface area (Å²) in [5.41, 5.74) is -0.733. The van der Waals surface area contributed by atoms with Gasteiger partial charge in [-0.3, -0.25) is 0 Å². The van der Waals surface area contributed by atoms with Gasteiger partial charge < -0.3 is 0 Å². The molecule has 0 aromatic heterocycles. The Balaban J connectivity index is 2.33. The minimum absolute atomic E-state index is 0.0134. The lowest BCUT2D eigenvalue weighted by Crippen LogP contribution is -2.14. The molecule has 0 bridgehead atoms. The molecule has 2 rings (SSSR count). The molecule has 0 spiro atoms. The van der Waals surface area contributed by atoms with E-state index in [0.29, 0.717) is 18.4 Å². The summed E-state index contributed by atoms with van der Waals surface area (Å²) in [6.07, 6.45) is 2.79. The molecule has 0 N–H and O–H groups in total. The van der Waals surface area contributed by atoms with Gasteiger partial charge in [-0.15, -0.1) is 0 Å². The van der Waals surface area contributed by atoms with Gasteiger partial charge in [-0.25, -0.2) is 12.8 Å². The van der Waals surface area contributed by atoms with Crippen LogP contribution in [0.2, 0.25) is 0 Å². The molecule has 1 fully saturated rings. The van der Waals surface area contributed by atoms with Gasteiger partial charge in [0.1, 0.15) is 5.67 Å². The van der Waals surface area contributed by atoms with E-state index >= 15 is 0 Å². The quantitative estimate of drug-likeness (QED) is 0.766. The predicted molar refractivity (Wildman–Crippen MR) is 60.7 cm³/mol. The van der Waals surface area contributed by atoms with Crippen molar-refractivity contribution in [2.45, 2.75) is 36.2 Å². The van der Waals surface area contributed by atoms with Gasteiger partial charge in [0.05, 0.1) is 4.90 Å². The van der Waals surface area contributed by atoms with Crippen LogP contribution in [0.15, 0.2) is 29.2 Å². The predicted octanol–water partition coefficient (Wildman–Crippen LogP) is 3.35. The van der Waals surface area contributed by atoms with Crippen LogP contribution >= 0.6 is 10.7 Å². The third-order valence-corrected chi connectivity index (χ3v) is 4.42. The second kappa shape index (κ2) is 4.00. The molecule has 0 amide bonds. The number of halogens is 2. The molecule has 16 heavy (non-hydrogen) atoms. The first-order valence-corrected chi connectivity index (χ1v) is 7.47. The zero-order valence-electron chi connectivity index (χ0n) is 8.62. The highest BCUT2D eigenvalue weighted by molar-refractivity contribution is 8.13. The number of hydrogen-bond acceptors (Lipinski definition) is 2. The number of rotatable bonds is 2. The Kier molecular flexibility index (Phi) is 2.97. The van der Waals surface area contributed by atoms with Gasteiger partial charge in [0, 0.05) is 10.7 Å². The zero-order valence-corrected chi connectivity index (χ0v) is 10.2. The maximum Gasteiger partial charge on any atom is 0.261 e. The second-order valence-electron chi connectivity index (χ2n) is 4.13. The Morgan fingerprint density at radius 2 is 1.62 bits per heavy atom. The fourth-order valence-corrected chi connectivity index (χ4v) is 2.91. The Labute approximate surface area is 98.8 Å². The van der Waals surface area contributed by atoms with Crippen molar-refractivity contribution in [3.05, 3.63) is 29.8 Å². The summed E-state index contributed by atoms with van der Waals surface area (Å²) in [5.74, 6) is 0. The van der Waals surface area contributed by atoms with Gasteiger partial charge in [0.25, 0.3) is 9.05 Å². The van der Waals surface area contributed by atoms with Crippen LogP contribution in [0.25, 0.3) is 0 Å². The van der Waals surface area contributed by atoms with Crippen molar-refractivity contribution in [1.29, 1.82) is 0 Å². The summed E-state index contributed by atoms with van der Waals surface area (Å²) in [7, 11) is 1.47. The number of hydrogen-bond donors (Lipinski definition) is 0. The molecule has 0 saturated heterocycles. The maximum atomic E-state index is 14.3. The van der Waals surface area contributed by atoms with E-state index in [1.165, 1.54) is 24.3 Å². The Morgan fingerprint density at radius 1 is 1.12 bits per heavy atom. The van der Waals surface area contributed by atoms with E-state index in [1.54, 1.807) is 0 Å². The standard InChI is InChI=1S/C11H12ClFO2S/c12-16(14,15)10-5-3-9(4-6-10)11(13)7-1-2-8-11/h3-6H,1-2,7-8H2. The van der Waals surface area contributed by atoms with E-state index in [2.05, 4.69) is 0 Å². The largest absolute Gasteiger partial charge is 0.261 e. The molecule has 0 atom stereocenters. The molecule has 88 valence electrons. The summed E-state index contributed by atoms with van der Waals surface area (Å²) in [5, 5.41) is 0. The molecular weight excluding hydrogens is 251 g/mol. The Morgan fingerprint density at radius 3 is 2.06 bits per heavy atom. The van der Waals surface area contributed by atoms with Gasteiger partial charge in [-0.2, -0.15) is 0 Å². The average Bonchev–Trinajstić information content (AvgIpc) is 2.66. The molecule has 0 unspecified atom stereocenters. The lowest BCUT2D eigenvalue weighted by Gasteiger charge is -2.19. The molecular formula is C11H12ClFO2S. The van der Waals surface area contributed by atoms with Gasteiger partial charge >= 0.3 is 0 Å². The summed E-state index contributed by atoms with van der Waals surface area (Å²) in [6.45, 7) is 0. The van der Waals surface area contributed by atoms with Crippen molar-refractivity contribution in [1.82, 2.24) is 0 Å². The second-order valence-corrected chi connectivity index (χ2v) is 6.70. The Bertz CT molecular complexity index is 475. The van der Waals surface area contributed by atoms with Crippen LogP contribution < -0.4 is 0 Å². The zero-order chi connectivity index (χ0) is 11.8. The van der Waals surface area contributed by atoms with E-state index in [-0.39, 0.29) is 4.90 Å². The molecule has 1 aromatic carbocycles. The summed E-state index contributed by atoms with van der Waals surface area (Å²) >= 11 is 0. The highest BCUT2D eigenvalue weighted by Crippen LogP contribution is 2.42. The van der Waals surface area contributed by atoms with Crippen molar-refractivity contribution in [3.63, 3.8) is 0 Å². The van der Waals surface area contributed by atoms with Gasteiger partial charge in [-0.1, -0.05) is 12.1 Å². The summed E-state index contributed by atoms with van der Waals surface area (Å²) < 4.78 is 36.3. The lowest BCUT2D eigenvalue weighted by molar-refractivity contribution is 0.174. The molecule has 2 nitrogen and oxygen atoms in total. The smallest absolute Gasteiger partial charge is 0.239 e. The van der Waals surface area contributed by atoms with Gasteiger partial charge in [-0.05, 0) is 43.4 Å². The van der Waals surface area contributed by atoms with Gasteiger partial charge in [0.15, 0.2) is 0 Å². The van der Waals surface area contributed by atoms with Crippen molar-refractivity contribution in [2.75, 3.05) is 0 Å². The first-order valence-electron chi connectivity index (χ1n) is 5.16. The van der Waals surface area contributed by atoms with Crippen LogP contribution in [0.1, 0.15) is 31.2 Å². The van der Waals surface area contributed by atoms with Crippen LogP contribution in [-0.4, -0.2) is 8.42 Å². The fourth-order valence-electron chi connectivity index (χ4n) is 2.14. The first-order chi connectivity index (χ1) is 7.42. The maximum absolute atomic E-state index is 14.3. The summed E-state index contributed by atoms with van der Waals surface area (Å²) in [4.78, 5) is 0.0134. The number of benzene rings is 1. The number of alkyl halides is 1. The molecule has 1 aliphatic carbocycles. The monoisotopic (exact) mass is 262 g/mol. The van der Waals surface area contributed by atoms with Crippen LogP contribution in [-0.2, 0) is 14.7 Å². The molecule has 5 heteroatoms. The van der Waals surface area contributed by atoms with E-state index in [1.807, 2.05) is 0 Å². The molecule has 0 heterocycles. The highest BCUT2D eigenvalue weighted by atomic mass is 35.7. The van der Waals surface area contributed by atoms with Crippen molar-refractivity contribution >= 4 is 19.7 Å². The third kappa shape index (κ3) is 2.23. The van der Waals surface area contributed by atoms with E-state index < -0.39 is 14.7 Å². The van der Waals surface area contributed by atoms with Crippen LogP contribution in [0.3, 0.4) is 0 Å². The van der Waals surface area contributed by atoms with E-state index in [4.69, 9.17) is 10.7 Å². The van der Waals surface area contributed by atoms with Crippen molar-refractivity contribution < 1.29 is 12.8 Å². The van der Waals surface area contributed by atoms with E-state index in [0.717, 1.165) is 12.8 Å². The average molecular weight is 263 g/mol. The molecule has 0 aliphatic heterocycles. The van der Waals surface area contributed by atoms with Crippen molar-refractivity contribution in [2.24, 2.45) is 0 Å². The molecule has 1 aromatic rings. The minimum atomic E-state index is -3.71. The van der Waals surface area contributed by atoms with Crippen LogP contribution in [0, 0.1) is 0 Å². The Hall–Kier alpha value is -0.610. The SMILES string of the molecule is O=S(=O)(Cl)c1ccc(C2(F)CCCC2)cc1. The van der Waals surface area contributed by atoms with Crippen molar-refractivity contribution in [3.8, 4) is 0 Å². The third-order valence-electron chi connectivity index (χ3n) is 3.05.